The second-order valence-corrected chi connectivity index (χ2v) is 3.23. The average Bonchev–Trinajstić information content (AvgIpc) is 2.10. The van der Waals surface area contributed by atoms with E-state index in [4.69, 9.17) is 16.7 Å². The molecule has 1 atom stereocenters. The first-order valence-corrected chi connectivity index (χ1v) is 4.34. The van der Waals surface area contributed by atoms with Crippen LogP contribution in [0.25, 0.3) is 0 Å². The molecule has 0 aliphatic rings. The van der Waals surface area contributed by atoms with E-state index in [0.29, 0.717) is 0 Å². The molecule has 3 nitrogen and oxygen atoms in total. The van der Waals surface area contributed by atoms with Crippen LogP contribution >= 0.6 is 23.2 Å². The predicted octanol–water partition coefficient (Wildman–Crippen LogP) is 2.95. The van der Waals surface area contributed by atoms with Gasteiger partial charge in [-0.05, 0) is 0 Å². The van der Waals surface area contributed by atoms with Crippen LogP contribution in [-0.4, -0.2) is 21.8 Å². The van der Waals surface area contributed by atoms with Gasteiger partial charge in [0.2, 0.25) is 5.88 Å². The van der Waals surface area contributed by atoms with E-state index in [-0.39, 0.29) is 5.02 Å². The third-order valence-corrected chi connectivity index (χ3v) is 1.84. The van der Waals surface area contributed by atoms with Crippen molar-refractivity contribution in [2.45, 2.75) is 11.7 Å². The highest BCUT2D eigenvalue weighted by Gasteiger charge is 2.42. The number of nitrogens with zero attached hydrogens (tertiary/aromatic N) is 1. The molecule has 8 heteroatoms. The Bertz CT molecular complexity index is 362. The van der Waals surface area contributed by atoms with Crippen molar-refractivity contribution in [3.05, 3.63) is 17.3 Å². The second kappa shape index (κ2) is 4.32. The van der Waals surface area contributed by atoms with Gasteiger partial charge in [0.05, 0.1) is 6.20 Å². The summed E-state index contributed by atoms with van der Waals surface area (Å²) in [6.45, 7) is 0. The van der Waals surface area contributed by atoms with Gasteiger partial charge < -0.3 is 9.84 Å². The molecule has 1 heterocycles. The Hall–Kier alpha value is -0.880. The Kier molecular flexibility index (Phi) is 3.51. The minimum absolute atomic E-state index is 0.298. The van der Waals surface area contributed by atoms with Gasteiger partial charge in [0.25, 0.3) is 5.63 Å². The van der Waals surface area contributed by atoms with Gasteiger partial charge in [-0.3, -0.25) is 0 Å². The molecule has 0 spiro atoms. The van der Waals surface area contributed by atoms with E-state index in [1.165, 1.54) is 0 Å². The molecule has 0 radical (unpaired) electrons. The predicted molar refractivity (Wildman–Crippen MR) is 47.2 cm³/mol. The Morgan fingerprint density at radius 1 is 1.53 bits per heavy atom. The Labute approximate surface area is 92.4 Å². The van der Waals surface area contributed by atoms with Crippen molar-refractivity contribution in [2.24, 2.45) is 0 Å². The number of alkyl halides is 4. The minimum atomic E-state index is -4.19. The van der Waals surface area contributed by atoms with Crippen LogP contribution in [0.1, 0.15) is 0 Å². The van der Waals surface area contributed by atoms with Crippen LogP contribution in [0.5, 0.6) is 11.6 Å². The van der Waals surface area contributed by atoms with Gasteiger partial charge in [-0.15, -0.1) is 0 Å². The van der Waals surface area contributed by atoms with Crippen molar-refractivity contribution in [3.8, 4) is 11.6 Å². The molecule has 0 amide bonds. The summed E-state index contributed by atoms with van der Waals surface area (Å²) < 4.78 is 41.2. The number of aromatic hydroxyl groups is 1. The largest absolute Gasteiger partial charge is 0.492 e. The summed E-state index contributed by atoms with van der Waals surface area (Å²) in [5.74, 6) is -1.05. The van der Waals surface area contributed by atoms with Gasteiger partial charge >= 0.3 is 6.11 Å². The zero-order chi connectivity index (χ0) is 11.6. The van der Waals surface area contributed by atoms with Crippen LogP contribution in [0.15, 0.2) is 12.3 Å². The molecule has 15 heavy (non-hydrogen) atoms. The summed E-state index contributed by atoms with van der Waals surface area (Å²) in [4.78, 5) is 3.22. The Balaban J connectivity index is 2.86. The lowest BCUT2D eigenvalue weighted by Gasteiger charge is -2.17. The summed E-state index contributed by atoms with van der Waals surface area (Å²) in [5, 5.41) is 8.57. The topological polar surface area (TPSA) is 42.4 Å². The standard InChI is InChI=1S/C7H4Cl2F3NO2/c8-4-1-3(2-13-5(4)14)15-7(11,12)6(9)10/h1-2,6H,(H,13,14). The highest BCUT2D eigenvalue weighted by molar-refractivity contribution is 6.31. The fraction of sp³-hybridized carbons (Fsp3) is 0.286. The first-order chi connectivity index (χ1) is 6.83. The van der Waals surface area contributed by atoms with E-state index in [0.717, 1.165) is 12.3 Å². The molecule has 1 aromatic heterocycles. The molecule has 1 rings (SSSR count). The molecule has 84 valence electrons. The van der Waals surface area contributed by atoms with E-state index in [2.05, 4.69) is 21.3 Å². The SMILES string of the molecule is Oc1ncc(OC(F)(F)C(F)Cl)cc1Cl. The van der Waals surface area contributed by atoms with Crippen molar-refractivity contribution in [1.29, 1.82) is 0 Å². The van der Waals surface area contributed by atoms with Crippen LogP contribution in [-0.2, 0) is 0 Å². The van der Waals surface area contributed by atoms with Gasteiger partial charge in [0, 0.05) is 6.07 Å². The number of hydrogen-bond acceptors (Lipinski definition) is 3. The fourth-order valence-electron chi connectivity index (χ4n) is 0.671. The van der Waals surface area contributed by atoms with Gasteiger partial charge in [-0.2, -0.15) is 8.78 Å². The maximum atomic E-state index is 12.6. The quantitative estimate of drug-likeness (QED) is 0.851. The highest BCUT2D eigenvalue weighted by Crippen LogP contribution is 2.31. The van der Waals surface area contributed by atoms with Crippen molar-refractivity contribution in [1.82, 2.24) is 4.98 Å². The third kappa shape index (κ3) is 3.04. The van der Waals surface area contributed by atoms with Gasteiger partial charge in [0.1, 0.15) is 10.8 Å². The molecule has 1 aromatic rings. The van der Waals surface area contributed by atoms with Crippen molar-refractivity contribution < 1.29 is 23.0 Å². The molecule has 0 aliphatic heterocycles. The Morgan fingerprint density at radius 2 is 2.13 bits per heavy atom. The molecule has 1 unspecified atom stereocenters. The fourth-order valence-corrected chi connectivity index (χ4v) is 0.872. The number of rotatable bonds is 3. The number of hydrogen-bond donors (Lipinski definition) is 1. The van der Waals surface area contributed by atoms with Crippen LogP contribution < -0.4 is 4.74 Å². The summed E-state index contributed by atoms with van der Waals surface area (Å²) in [5.41, 5.74) is -3.00. The highest BCUT2D eigenvalue weighted by atomic mass is 35.5. The van der Waals surface area contributed by atoms with E-state index in [1.807, 2.05) is 0 Å². The van der Waals surface area contributed by atoms with E-state index >= 15 is 0 Å². The third-order valence-electron chi connectivity index (χ3n) is 1.30. The molecule has 0 aromatic carbocycles. The number of ether oxygens (including phenoxy) is 1. The maximum Gasteiger partial charge on any atom is 0.444 e. The lowest BCUT2D eigenvalue weighted by molar-refractivity contribution is -0.199. The van der Waals surface area contributed by atoms with Crippen molar-refractivity contribution >= 4 is 23.2 Å². The summed E-state index contributed by atoms with van der Waals surface area (Å²) >= 11 is 9.90. The van der Waals surface area contributed by atoms with Gasteiger partial charge in [-0.25, -0.2) is 9.37 Å². The lowest BCUT2D eigenvalue weighted by Crippen LogP contribution is -2.32. The lowest BCUT2D eigenvalue weighted by atomic mass is 10.4. The second-order valence-electron chi connectivity index (χ2n) is 2.44. The minimum Gasteiger partial charge on any atom is -0.492 e. The summed E-state index contributed by atoms with van der Waals surface area (Å²) in [7, 11) is 0. The normalized spacial score (nSPS) is 13.7. The zero-order valence-corrected chi connectivity index (χ0v) is 8.44. The molecular weight excluding hydrogens is 258 g/mol. The zero-order valence-electron chi connectivity index (χ0n) is 6.92. The first-order valence-electron chi connectivity index (χ1n) is 3.52. The number of halogens is 5. The van der Waals surface area contributed by atoms with Crippen LogP contribution in [0.4, 0.5) is 13.2 Å². The molecule has 0 fully saturated rings. The maximum absolute atomic E-state index is 12.6. The molecular formula is C7H4Cl2F3NO2. The first kappa shape index (κ1) is 12.2. The molecule has 0 bridgehead atoms. The van der Waals surface area contributed by atoms with E-state index < -0.39 is 23.4 Å². The van der Waals surface area contributed by atoms with Gasteiger partial charge in [0.15, 0.2) is 0 Å². The van der Waals surface area contributed by atoms with E-state index in [1.54, 1.807) is 0 Å². The number of aromatic nitrogens is 1. The monoisotopic (exact) mass is 261 g/mol. The average molecular weight is 262 g/mol. The van der Waals surface area contributed by atoms with Crippen molar-refractivity contribution in [2.75, 3.05) is 0 Å². The van der Waals surface area contributed by atoms with Crippen LogP contribution in [0, 0.1) is 0 Å². The Morgan fingerprint density at radius 3 is 2.60 bits per heavy atom. The molecule has 1 N–H and O–H groups in total. The molecule has 0 aliphatic carbocycles. The van der Waals surface area contributed by atoms with Gasteiger partial charge in [-0.1, -0.05) is 23.2 Å². The molecule has 0 saturated heterocycles. The summed E-state index contributed by atoms with van der Waals surface area (Å²) in [6, 6.07) is 0.858. The van der Waals surface area contributed by atoms with E-state index in [9.17, 15) is 13.2 Å². The van der Waals surface area contributed by atoms with Crippen LogP contribution in [0.3, 0.4) is 0 Å². The smallest absolute Gasteiger partial charge is 0.444 e. The van der Waals surface area contributed by atoms with Crippen LogP contribution in [0.2, 0.25) is 5.02 Å². The summed E-state index contributed by atoms with van der Waals surface area (Å²) in [6.07, 6.45) is -3.43. The number of pyridine rings is 1. The molecule has 0 saturated carbocycles. The van der Waals surface area contributed by atoms with Crippen molar-refractivity contribution in [3.63, 3.8) is 0 Å².